The van der Waals surface area contributed by atoms with Gasteiger partial charge in [-0.15, -0.1) is 11.6 Å². The highest BCUT2D eigenvalue weighted by molar-refractivity contribution is 9.10. The van der Waals surface area contributed by atoms with E-state index in [1.807, 2.05) is 0 Å². The van der Waals surface area contributed by atoms with Crippen LogP contribution in [0.3, 0.4) is 0 Å². The van der Waals surface area contributed by atoms with Crippen molar-refractivity contribution in [1.29, 1.82) is 0 Å². The summed E-state index contributed by atoms with van der Waals surface area (Å²) in [7, 11) is 0. The van der Waals surface area contributed by atoms with Crippen LogP contribution in [0.5, 0.6) is 0 Å². The molecule has 4 heteroatoms. The third-order valence-electron chi connectivity index (χ3n) is 2.93. The lowest BCUT2D eigenvalue weighted by Gasteiger charge is -2.36. The number of hydrogen-bond acceptors (Lipinski definition) is 2. The number of benzene rings is 1. The summed E-state index contributed by atoms with van der Waals surface area (Å²) in [6.45, 7) is 6.84. The Morgan fingerprint density at radius 3 is 2.53 bits per heavy atom. The molecular formula is C13H17BrClNS. The maximum absolute atomic E-state index is 5.85. The molecule has 1 aliphatic rings. The van der Waals surface area contributed by atoms with Crippen molar-refractivity contribution in [3.8, 4) is 0 Å². The third kappa shape index (κ3) is 3.33. The van der Waals surface area contributed by atoms with Gasteiger partial charge in [0.2, 0.25) is 0 Å². The van der Waals surface area contributed by atoms with Crippen molar-refractivity contribution in [3.63, 3.8) is 0 Å². The van der Waals surface area contributed by atoms with E-state index in [0.717, 1.165) is 23.1 Å². The molecule has 0 bridgehead atoms. The molecule has 1 aromatic rings. The lowest BCUT2D eigenvalue weighted by molar-refractivity contribution is 0.727. The van der Waals surface area contributed by atoms with Gasteiger partial charge in [-0.2, -0.15) is 11.8 Å². The fourth-order valence-electron chi connectivity index (χ4n) is 2.26. The minimum absolute atomic E-state index is 0.571. The largest absolute Gasteiger partial charge is 0.368 e. The SMILES string of the molecule is CC1CN(c2ccc(CCl)cc2Br)CC(C)S1. The standard InChI is InChI=1S/C13H17BrClNS/c1-9-7-16(8-10(2)17-9)13-4-3-11(6-15)5-12(13)14/h3-5,9-10H,6-8H2,1-2H3. The molecule has 1 saturated heterocycles. The van der Waals surface area contributed by atoms with Crippen LogP contribution in [-0.2, 0) is 5.88 Å². The van der Waals surface area contributed by atoms with Gasteiger partial charge in [0.15, 0.2) is 0 Å². The van der Waals surface area contributed by atoms with Crippen LogP contribution >= 0.6 is 39.3 Å². The smallest absolute Gasteiger partial charge is 0.0511 e. The van der Waals surface area contributed by atoms with Gasteiger partial charge in [-0.25, -0.2) is 0 Å². The molecule has 0 aliphatic carbocycles. The lowest BCUT2D eigenvalue weighted by atomic mass is 10.2. The van der Waals surface area contributed by atoms with Crippen molar-refractivity contribution in [2.75, 3.05) is 18.0 Å². The molecule has 1 heterocycles. The molecular weight excluding hydrogens is 318 g/mol. The van der Waals surface area contributed by atoms with E-state index >= 15 is 0 Å². The quantitative estimate of drug-likeness (QED) is 0.732. The first-order valence-corrected chi connectivity index (χ1v) is 8.12. The number of rotatable bonds is 2. The van der Waals surface area contributed by atoms with Crippen molar-refractivity contribution in [2.45, 2.75) is 30.2 Å². The summed E-state index contributed by atoms with van der Waals surface area (Å²) >= 11 is 11.6. The van der Waals surface area contributed by atoms with E-state index < -0.39 is 0 Å². The summed E-state index contributed by atoms with van der Waals surface area (Å²) in [6.07, 6.45) is 0. The molecule has 0 amide bonds. The predicted octanol–water partition coefficient (Wildman–Crippen LogP) is 4.52. The summed E-state index contributed by atoms with van der Waals surface area (Å²) in [4.78, 5) is 2.47. The Hall–Kier alpha value is 0.140. The van der Waals surface area contributed by atoms with Gasteiger partial charge >= 0.3 is 0 Å². The van der Waals surface area contributed by atoms with Gasteiger partial charge in [-0.05, 0) is 33.6 Å². The van der Waals surface area contributed by atoms with Crippen molar-refractivity contribution >= 4 is 45.0 Å². The summed E-state index contributed by atoms with van der Waals surface area (Å²) in [6, 6.07) is 6.42. The van der Waals surface area contributed by atoms with E-state index in [0.29, 0.717) is 16.4 Å². The monoisotopic (exact) mass is 333 g/mol. The van der Waals surface area contributed by atoms with Gasteiger partial charge in [-0.1, -0.05) is 19.9 Å². The van der Waals surface area contributed by atoms with Crippen LogP contribution in [0.15, 0.2) is 22.7 Å². The van der Waals surface area contributed by atoms with Crippen molar-refractivity contribution in [3.05, 3.63) is 28.2 Å². The molecule has 0 saturated carbocycles. The molecule has 2 rings (SSSR count). The van der Waals surface area contributed by atoms with Crippen LogP contribution in [0.1, 0.15) is 19.4 Å². The van der Waals surface area contributed by atoms with Crippen LogP contribution in [0.2, 0.25) is 0 Å². The Morgan fingerprint density at radius 2 is 2.00 bits per heavy atom. The van der Waals surface area contributed by atoms with E-state index in [-0.39, 0.29) is 0 Å². The third-order valence-corrected chi connectivity index (χ3v) is 5.10. The summed E-state index contributed by atoms with van der Waals surface area (Å²) in [5.74, 6) is 0.571. The molecule has 2 unspecified atom stereocenters. The first-order valence-electron chi connectivity index (χ1n) is 5.85. The summed E-state index contributed by atoms with van der Waals surface area (Å²) < 4.78 is 1.15. The van der Waals surface area contributed by atoms with Gasteiger partial charge in [-0.3, -0.25) is 0 Å². The molecule has 2 atom stereocenters. The van der Waals surface area contributed by atoms with Crippen molar-refractivity contribution in [1.82, 2.24) is 0 Å². The number of nitrogens with zero attached hydrogens (tertiary/aromatic N) is 1. The molecule has 0 radical (unpaired) electrons. The number of hydrogen-bond donors (Lipinski definition) is 0. The zero-order chi connectivity index (χ0) is 12.4. The van der Waals surface area contributed by atoms with Crippen molar-refractivity contribution in [2.24, 2.45) is 0 Å². The Labute approximate surface area is 121 Å². The molecule has 17 heavy (non-hydrogen) atoms. The van der Waals surface area contributed by atoms with E-state index in [2.05, 4.69) is 64.6 Å². The molecule has 94 valence electrons. The topological polar surface area (TPSA) is 3.24 Å². The van der Waals surface area contributed by atoms with Gasteiger partial charge < -0.3 is 4.90 Å². The van der Waals surface area contributed by atoms with Crippen molar-refractivity contribution < 1.29 is 0 Å². The highest BCUT2D eigenvalue weighted by atomic mass is 79.9. The van der Waals surface area contributed by atoms with Gasteiger partial charge in [0.25, 0.3) is 0 Å². The fourth-order valence-corrected chi connectivity index (χ4v) is 4.43. The second-order valence-corrected chi connectivity index (χ2v) is 7.58. The van der Waals surface area contributed by atoms with E-state index in [4.69, 9.17) is 11.6 Å². The van der Waals surface area contributed by atoms with Crippen LogP contribution in [0, 0.1) is 0 Å². The molecule has 0 aromatic heterocycles. The molecule has 0 spiro atoms. The van der Waals surface area contributed by atoms with E-state index in [1.165, 1.54) is 5.69 Å². The highest BCUT2D eigenvalue weighted by Crippen LogP contribution is 2.33. The number of alkyl halides is 1. The van der Waals surface area contributed by atoms with Gasteiger partial charge in [0, 0.05) is 33.9 Å². The Morgan fingerprint density at radius 1 is 1.35 bits per heavy atom. The van der Waals surface area contributed by atoms with Crippen LogP contribution in [0.25, 0.3) is 0 Å². The molecule has 1 fully saturated rings. The van der Waals surface area contributed by atoms with Crippen LogP contribution < -0.4 is 4.90 Å². The first-order chi connectivity index (χ1) is 8.10. The second kappa shape index (κ2) is 5.85. The van der Waals surface area contributed by atoms with E-state index in [1.54, 1.807) is 0 Å². The minimum Gasteiger partial charge on any atom is -0.368 e. The summed E-state index contributed by atoms with van der Waals surface area (Å²) in [5, 5.41) is 1.39. The normalized spacial score (nSPS) is 25.1. The second-order valence-electron chi connectivity index (χ2n) is 4.58. The van der Waals surface area contributed by atoms with Gasteiger partial charge in [0.05, 0.1) is 5.69 Å². The number of halogens is 2. The first kappa shape index (κ1) is 13.6. The maximum Gasteiger partial charge on any atom is 0.0511 e. The zero-order valence-electron chi connectivity index (χ0n) is 10.1. The average Bonchev–Trinajstić information content (AvgIpc) is 2.27. The summed E-state index contributed by atoms with van der Waals surface area (Å²) in [5.41, 5.74) is 2.45. The molecule has 1 nitrogen and oxygen atoms in total. The predicted molar refractivity (Wildman–Crippen MR) is 82.4 cm³/mol. The Bertz CT molecular complexity index is 389. The Kier molecular flexibility index (Phi) is 4.67. The van der Waals surface area contributed by atoms with Crippen LogP contribution in [0.4, 0.5) is 5.69 Å². The highest BCUT2D eigenvalue weighted by Gasteiger charge is 2.23. The fraction of sp³-hybridized carbons (Fsp3) is 0.538. The number of thioether (sulfide) groups is 1. The lowest BCUT2D eigenvalue weighted by Crippen LogP contribution is -2.40. The average molecular weight is 335 g/mol. The van der Waals surface area contributed by atoms with Gasteiger partial charge in [0.1, 0.15) is 0 Å². The molecule has 1 aliphatic heterocycles. The zero-order valence-corrected chi connectivity index (χ0v) is 13.3. The van der Waals surface area contributed by atoms with E-state index in [9.17, 15) is 0 Å². The minimum atomic E-state index is 0.571. The Balaban J connectivity index is 2.21. The van der Waals surface area contributed by atoms with Crippen LogP contribution in [-0.4, -0.2) is 23.6 Å². The molecule has 1 aromatic carbocycles. The molecule has 0 N–H and O–H groups in total. The number of anilines is 1. The maximum atomic E-state index is 5.85.